The van der Waals surface area contributed by atoms with Crippen LogP contribution in [0.15, 0.2) is 54.9 Å². The smallest absolute Gasteiger partial charge is 0.269 e. The number of carbonyl (C=O) groups is 1. The van der Waals surface area contributed by atoms with Crippen LogP contribution in [0.1, 0.15) is 21.5 Å². The number of benzene rings is 2. The molecule has 0 aliphatic carbocycles. The molecule has 0 saturated heterocycles. The Hall–Kier alpha value is -3.55. The van der Waals surface area contributed by atoms with Crippen LogP contribution >= 0.6 is 0 Å². The Balaban J connectivity index is 1.65. The van der Waals surface area contributed by atoms with Gasteiger partial charge in [-0.15, -0.1) is 5.10 Å². The number of non-ortho nitro benzene ring substituents is 1. The van der Waals surface area contributed by atoms with Gasteiger partial charge in [-0.25, -0.2) is 4.68 Å². The van der Waals surface area contributed by atoms with Crippen LogP contribution in [-0.4, -0.2) is 37.3 Å². The summed E-state index contributed by atoms with van der Waals surface area (Å²) in [6.45, 7) is 0.914. The molecule has 0 bridgehead atoms. The summed E-state index contributed by atoms with van der Waals surface area (Å²) in [7, 11) is 0. The summed E-state index contributed by atoms with van der Waals surface area (Å²) in [5, 5.41) is 18.8. The standard InChI is InChI=1S/C18H15N5O3/c24-18(16-3-1-2-4-17(16)22-10-8-19-20-22)21-9-7-13-5-6-15(23(25)26)11-14(13)12-21/h1-6,8,10-11H,7,9,12H2. The molecule has 2 aromatic carbocycles. The number of hydrogen-bond donors (Lipinski definition) is 0. The zero-order valence-electron chi connectivity index (χ0n) is 13.8. The molecule has 3 aromatic rings. The van der Waals surface area contributed by atoms with E-state index in [1.807, 2.05) is 12.1 Å². The highest BCUT2D eigenvalue weighted by atomic mass is 16.6. The fourth-order valence-electron chi connectivity index (χ4n) is 3.19. The number of rotatable bonds is 3. The summed E-state index contributed by atoms with van der Waals surface area (Å²) in [5.41, 5.74) is 3.08. The van der Waals surface area contributed by atoms with Crippen LogP contribution in [0.5, 0.6) is 0 Å². The Labute approximate surface area is 148 Å². The van der Waals surface area contributed by atoms with Crippen LogP contribution in [0.2, 0.25) is 0 Å². The van der Waals surface area contributed by atoms with Crippen molar-refractivity contribution < 1.29 is 9.72 Å². The molecule has 0 radical (unpaired) electrons. The van der Waals surface area contributed by atoms with Gasteiger partial charge in [-0.05, 0) is 29.7 Å². The van der Waals surface area contributed by atoms with Crippen molar-refractivity contribution in [1.82, 2.24) is 19.9 Å². The molecule has 1 amide bonds. The van der Waals surface area contributed by atoms with Crippen molar-refractivity contribution in [2.75, 3.05) is 6.54 Å². The summed E-state index contributed by atoms with van der Waals surface area (Å²) in [6, 6.07) is 12.0. The molecule has 8 heteroatoms. The number of nitrogens with zero attached hydrogens (tertiary/aromatic N) is 5. The van der Waals surface area contributed by atoms with Crippen molar-refractivity contribution >= 4 is 11.6 Å². The van der Waals surface area contributed by atoms with Crippen LogP contribution in [0.3, 0.4) is 0 Å². The van der Waals surface area contributed by atoms with E-state index in [1.54, 1.807) is 46.2 Å². The van der Waals surface area contributed by atoms with Gasteiger partial charge in [0.15, 0.2) is 0 Å². The van der Waals surface area contributed by atoms with Crippen LogP contribution < -0.4 is 0 Å². The van der Waals surface area contributed by atoms with Gasteiger partial charge >= 0.3 is 0 Å². The number of nitro benzene ring substituents is 1. The normalized spacial score (nSPS) is 13.3. The molecule has 0 atom stereocenters. The lowest BCUT2D eigenvalue weighted by atomic mass is 9.98. The third kappa shape index (κ3) is 2.81. The molecule has 0 spiro atoms. The lowest BCUT2D eigenvalue weighted by molar-refractivity contribution is -0.385. The van der Waals surface area contributed by atoms with Gasteiger partial charge in [0.2, 0.25) is 0 Å². The van der Waals surface area contributed by atoms with Crippen LogP contribution in [0, 0.1) is 10.1 Å². The number of fused-ring (bicyclic) bond motifs is 1. The van der Waals surface area contributed by atoms with Crippen LogP contribution in [0.25, 0.3) is 5.69 Å². The molecule has 2 heterocycles. The second-order valence-electron chi connectivity index (χ2n) is 6.05. The summed E-state index contributed by atoms with van der Waals surface area (Å²) < 4.78 is 1.55. The number of carbonyl (C=O) groups excluding carboxylic acids is 1. The molecule has 0 N–H and O–H groups in total. The highest BCUT2D eigenvalue weighted by Gasteiger charge is 2.25. The second-order valence-corrected chi connectivity index (χ2v) is 6.05. The number of nitro groups is 1. The molecule has 1 aliphatic rings. The molecular weight excluding hydrogens is 334 g/mol. The first-order chi connectivity index (χ1) is 12.6. The van der Waals surface area contributed by atoms with Gasteiger partial charge in [0.25, 0.3) is 11.6 Å². The van der Waals surface area contributed by atoms with Gasteiger partial charge in [0.1, 0.15) is 0 Å². The zero-order valence-corrected chi connectivity index (χ0v) is 13.8. The van der Waals surface area contributed by atoms with E-state index in [4.69, 9.17) is 0 Å². The number of aromatic nitrogens is 3. The minimum atomic E-state index is -0.416. The van der Waals surface area contributed by atoms with Gasteiger partial charge in [-0.1, -0.05) is 23.4 Å². The van der Waals surface area contributed by atoms with E-state index in [1.165, 1.54) is 6.07 Å². The van der Waals surface area contributed by atoms with E-state index < -0.39 is 4.92 Å². The lowest BCUT2D eigenvalue weighted by Crippen LogP contribution is -2.36. The maximum atomic E-state index is 13.1. The van der Waals surface area contributed by atoms with Crippen molar-refractivity contribution in [2.45, 2.75) is 13.0 Å². The molecule has 0 fully saturated rings. The van der Waals surface area contributed by atoms with Gasteiger partial charge in [-0.3, -0.25) is 14.9 Å². The maximum Gasteiger partial charge on any atom is 0.269 e. The molecule has 26 heavy (non-hydrogen) atoms. The Bertz CT molecular complexity index is 984. The van der Waals surface area contributed by atoms with Crippen molar-refractivity contribution in [3.05, 3.63) is 81.7 Å². The van der Waals surface area contributed by atoms with Crippen molar-refractivity contribution in [2.24, 2.45) is 0 Å². The average molecular weight is 349 g/mol. The Morgan fingerprint density at radius 3 is 2.77 bits per heavy atom. The summed E-state index contributed by atoms with van der Waals surface area (Å²) in [6.07, 6.45) is 3.91. The van der Waals surface area contributed by atoms with Crippen molar-refractivity contribution in [3.8, 4) is 5.69 Å². The molecule has 8 nitrogen and oxygen atoms in total. The van der Waals surface area contributed by atoms with Gasteiger partial charge < -0.3 is 4.90 Å². The largest absolute Gasteiger partial charge is 0.334 e. The second kappa shape index (κ2) is 6.40. The molecule has 0 saturated carbocycles. The van der Waals surface area contributed by atoms with E-state index in [9.17, 15) is 14.9 Å². The third-order valence-electron chi connectivity index (χ3n) is 4.50. The molecule has 0 unspecified atom stereocenters. The first kappa shape index (κ1) is 15.9. The lowest BCUT2D eigenvalue weighted by Gasteiger charge is -2.29. The Morgan fingerprint density at radius 1 is 1.15 bits per heavy atom. The van der Waals surface area contributed by atoms with Gasteiger partial charge in [0, 0.05) is 25.2 Å². The minimum absolute atomic E-state index is 0.0427. The summed E-state index contributed by atoms with van der Waals surface area (Å²) >= 11 is 0. The predicted octanol–water partition coefficient (Wildman–Crippen LogP) is 2.37. The quantitative estimate of drug-likeness (QED) is 0.534. The van der Waals surface area contributed by atoms with Crippen LogP contribution in [-0.2, 0) is 13.0 Å². The number of hydrogen-bond acceptors (Lipinski definition) is 5. The van der Waals surface area contributed by atoms with Crippen LogP contribution in [0.4, 0.5) is 5.69 Å². The maximum absolute atomic E-state index is 13.1. The number of amides is 1. The first-order valence-electron chi connectivity index (χ1n) is 8.14. The van der Waals surface area contributed by atoms with Gasteiger partial charge in [-0.2, -0.15) is 0 Å². The Kier molecular flexibility index (Phi) is 3.92. The summed E-state index contributed by atoms with van der Waals surface area (Å²) in [5.74, 6) is -0.131. The van der Waals surface area contributed by atoms with E-state index in [2.05, 4.69) is 10.3 Å². The van der Waals surface area contributed by atoms with Gasteiger partial charge in [0.05, 0.1) is 28.6 Å². The highest BCUT2D eigenvalue weighted by Crippen LogP contribution is 2.26. The highest BCUT2D eigenvalue weighted by molar-refractivity contribution is 5.97. The molecule has 130 valence electrons. The molecular formula is C18H15N5O3. The average Bonchev–Trinajstić information content (AvgIpc) is 3.21. The van der Waals surface area contributed by atoms with E-state index >= 15 is 0 Å². The van der Waals surface area contributed by atoms with E-state index in [0.29, 0.717) is 30.8 Å². The fraction of sp³-hybridized carbons (Fsp3) is 0.167. The first-order valence-corrected chi connectivity index (χ1v) is 8.14. The molecule has 1 aliphatic heterocycles. The predicted molar refractivity (Wildman–Crippen MR) is 92.9 cm³/mol. The minimum Gasteiger partial charge on any atom is -0.334 e. The zero-order chi connectivity index (χ0) is 18.1. The van der Waals surface area contributed by atoms with E-state index in [0.717, 1.165) is 11.1 Å². The molecule has 4 rings (SSSR count). The third-order valence-corrected chi connectivity index (χ3v) is 4.50. The SMILES string of the molecule is O=C(c1ccccc1-n1ccnn1)N1CCc2ccc([N+](=O)[O-])cc2C1. The monoisotopic (exact) mass is 349 g/mol. The number of para-hydroxylation sites is 1. The Morgan fingerprint density at radius 2 is 2.00 bits per heavy atom. The van der Waals surface area contributed by atoms with E-state index in [-0.39, 0.29) is 11.6 Å². The molecule has 1 aromatic heterocycles. The summed E-state index contributed by atoms with van der Waals surface area (Å²) in [4.78, 5) is 25.4. The fourth-order valence-corrected chi connectivity index (χ4v) is 3.19. The topological polar surface area (TPSA) is 94.2 Å². The van der Waals surface area contributed by atoms with Crippen molar-refractivity contribution in [1.29, 1.82) is 0 Å². The van der Waals surface area contributed by atoms with Crippen molar-refractivity contribution in [3.63, 3.8) is 0 Å².